The van der Waals surface area contributed by atoms with Crippen LogP contribution in [0.2, 0.25) is 5.21 Å². The molecule has 0 heterocycles. The number of hydrogen-bond acceptors (Lipinski definition) is 3. The topological polar surface area (TPSA) is 55.4 Å². The Balaban J connectivity index is 2.48. The molecular formula is C15H22AsNO3. The molecule has 4 nitrogen and oxygen atoms in total. The van der Waals surface area contributed by atoms with Gasteiger partial charge in [-0.3, -0.25) is 0 Å². The van der Waals surface area contributed by atoms with E-state index in [1.54, 1.807) is 48.0 Å². The van der Waals surface area contributed by atoms with Crippen molar-refractivity contribution in [1.82, 2.24) is 0 Å². The van der Waals surface area contributed by atoms with Crippen LogP contribution in [0.25, 0.3) is 0 Å². The number of nitrogens with one attached hydrogen (secondary N) is 1. The molecule has 1 rings (SSSR count). The zero-order chi connectivity index (χ0) is 15.0. The van der Waals surface area contributed by atoms with Crippen LogP contribution in [-0.4, -0.2) is 35.3 Å². The first kappa shape index (κ1) is 16.8. The zero-order valence-electron chi connectivity index (χ0n) is 12.0. The summed E-state index contributed by atoms with van der Waals surface area (Å²) >= 11 is 1.70. The summed E-state index contributed by atoms with van der Waals surface area (Å²) in [6, 6.07) is 6.75. The van der Waals surface area contributed by atoms with E-state index in [0.717, 1.165) is 11.6 Å². The van der Waals surface area contributed by atoms with Gasteiger partial charge in [0.05, 0.1) is 6.61 Å². The van der Waals surface area contributed by atoms with Crippen molar-refractivity contribution in [2.75, 3.05) is 11.9 Å². The van der Waals surface area contributed by atoms with Crippen molar-refractivity contribution < 1.29 is 14.3 Å². The normalized spacial score (nSPS) is 11.8. The Labute approximate surface area is 128 Å². The fourth-order valence-corrected chi connectivity index (χ4v) is 2.12. The van der Waals surface area contributed by atoms with Crippen molar-refractivity contribution in [3.05, 3.63) is 29.8 Å². The Kier molecular flexibility index (Phi) is 7.38. The monoisotopic (exact) mass is 339 g/mol. The predicted molar refractivity (Wildman–Crippen MR) is 82.8 cm³/mol. The van der Waals surface area contributed by atoms with Gasteiger partial charge in [-0.2, -0.15) is 0 Å². The van der Waals surface area contributed by atoms with Crippen LogP contribution < -0.4 is 5.32 Å². The molecule has 0 fully saturated rings. The quantitative estimate of drug-likeness (QED) is 0.612. The molecule has 0 aliphatic rings. The molecule has 0 aromatic heterocycles. The van der Waals surface area contributed by atoms with E-state index in [1.165, 1.54) is 0 Å². The van der Waals surface area contributed by atoms with Crippen molar-refractivity contribution >= 4 is 34.4 Å². The van der Waals surface area contributed by atoms with Gasteiger partial charge in [-0.15, -0.1) is 0 Å². The number of anilines is 1. The molecule has 2 unspecified atom stereocenters. The standard InChI is InChI=1S/C15H22AsNO3/c1-3-20-15(19)12-5-7-13(8-6-12)17-14(18)9-4-11(2)10-16/h5-8,11H,3-4,9-10,16H2,1-2H3,(H,17,18). The van der Waals surface area contributed by atoms with Crippen LogP contribution in [0, 0.1) is 5.92 Å². The molecule has 1 N–H and O–H groups in total. The summed E-state index contributed by atoms with van der Waals surface area (Å²) in [6.45, 7) is 4.28. The Morgan fingerprint density at radius 2 is 1.95 bits per heavy atom. The van der Waals surface area contributed by atoms with Crippen LogP contribution in [-0.2, 0) is 9.53 Å². The third kappa shape index (κ3) is 5.79. The summed E-state index contributed by atoms with van der Waals surface area (Å²) in [7, 11) is 0. The van der Waals surface area contributed by atoms with Crippen LogP contribution >= 0.6 is 0 Å². The number of rotatable bonds is 7. The summed E-state index contributed by atoms with van der Waals surface area (Å²) in [5.74, 6) is 0.262. The maximum absolute atomic E-state index is 11.8. The molecule has 0 radical (unpaired) electrons. The van der Waals surface area contributed by atoms with Gasteiger partial charge in [0.15, 0.2) is 0 Å². The summed E-state index contributed by atoms with van der Waals surface area (Å²) < 4.78 is 4.90. The molecule has 20 heavy (non-hydrogen) atoms. The molecule has 0 bridgehead atoms. The second kappa shape index (κ2) is 8.80. The van der Waals surface area contributed by atoms with E-state index < -0.39 is 0 Å². The summed E-state index contributed by atoms with van der Waals surface area (Å²) in [5.41, 5.74) is 1.20. The molecule has 1 aromatic carbocycles. The van der Waals surface area contributed by atoms with Crippen LogP contribution in [0.3, 0.4) is 0 Å². The molecule has 1 aromatic rings. The minimum atomic E-state index is -0.343. The van der Waals surface area contributed by atoms with Crippen molar-refractivity contribution in [2.24, 2.45) is 5.92 Å². The van der Waals surface area contributed by atoms with Crippen LogP contribution in [0.15, 0.2) is 24.3 Å². The van der Waals surface area contributed by atoms with Crippen molar-refractivity contribution in [3.8, 4) is 0 Å². The number of carbonyl (C=O) groups excluding carboxylic acids is 2. The third-order valence-corrected chi connectivity index (χ3v) is 4.63. The molecule has 1 amide bonds. The third-order valence-electron chi connectivity index (χ3n) is 2.95. The molecule has 0 saturated heterocycles. The molecule has 0 saturated carbocycles. The molecule has 0 aliphatic heterocycles. The molecule has 0 spiro atoms. The number of hydrogen-bond donors (Lipinski definition) is 1. The molecule has 2 atom stereocenters. The van der Waals surface area contributed by atoms with Gasteiger partial charge in [0.1, 0.15) is 0 Å². The number of amides is 1. The van der Waals surface area contributed by atoms with Gasteiger partial charge in [0.25, 0.3) is 0 Å². The maximum atomic E-state index is 11.8. The molecular weight excluding hydrogens is 317 g/mol. The zero-order valence-corrected chi connectivity index (χ0v) is 14.4. The second-order valence-corrected chi connectivity index (χ2v) is 5.71. The Bertz CT molecular complexity index is 445. The van der Waals surface area contributed by atoms with E-state index in [4.69, 9.17) is 4.74 Å². The van der Waals surface area contributed by atoms with E-state index in [0.29, 0.717) is 30.2 Å². The first-order chi connectivity index (χ1) is 9.56. The number of esters is 1. The fraction of sp³-hybridized carbons (Fsp3) is 0.467. The first-order valence-electron chi connectivity index (χ1n) is 6.84. The first-order valence-corrected chi connectivity index (χ1v) is 8.55. The SMILES string of the molecule is CCOC(=O)c1ccc(NC(=O)CCC(C)C[AsH2])cc1. The van der Waals surface area contributed by atoms with E-state index in [9.17, 15) is 9.59 Å². The Morgan fingerprint density at radius 3 is 2.50 bits per heavy atom. The number of carbonyl (C=O) groups is 2. The van der Waals surface area contributed by atoms with Crippen molar-refractivity contribution in [2.45, 2.75) is 31.9 Å². The van der Waals surface area contributed by atoms with Gasteiger partial charge in [-0.05, 0) is 6.92 Å². The van der Waals surface area contributed by atoms with Gasteiger partial charge < -0.3 is 0 Å². The van der Waals surface area contributed by atoms with E-state index >= 15 is 0 Å². The number of benzene rings is 1. The van der Waals surface area contributed by atoms with Crippen LogP contribution in [0.1, 0.15) is 37.0 Å². The summed E-state index contributed by atoms with van der Waals surface area (Å²) in [5, 5.41) is 3.98. The molecule has 110 valence electrons. The van der Waals surface area contributed by atoms with Crippen molar-refractivity contribution in [1.29, 1.82) is 0 Å². The second-order valence-electron chi connectivity index (χ2n) is 4.73. The average Bonchev–Trinajstić information content (AvgIpc) is 2.45. The van der Waals surface area contributed by atoms with E-state index in [1.807, 2.05) is 0 Å². The van der Waals surface area contributed by atoms with Gasteiger partial charge in [-0.1, -0.05) is 0 Å². The van der Waals surface area contributed by atoms with E-state index in [2.05, 4.69) is 12.2 Å². The summed E-state index contributed by atoms with van der Waals surface area (Å²) in [6.07, 6.45) is 1.44. The van der Waals surface area contributed by atoms with Crippen LogP contribution in [0.5, 0.6) is 0 Å². The van der Waals surface area contributed by atoms with Gasteiger partial charge in [0, 0.05) is 0 Å². The Morgan fingerprint density at radius 1 is 1.30 bits per heavy atom. The fourth-order valence-electron chi connectivity index (χ4n) is 1.62. The van der Waals surface area contributed by atoms with Gasteiger partial charge in [-0.25, -0.2) is 0 Å². The predicted octanol–water partition coefficient (Wildman–Crippen LogP) is 2.27. The Hall–Kier alpha value is -1.28. The minimum absolute atomic E-state index is 0.0154. The molecule has 0 aliphatic carbocycles. The average molecular weight is 339 g/mol. The van der Waals surface area contributed by atoms with Gasteiger partial charge >= 0.3 is 115 Å². The number of ether oxygens (including phenoxy) is 1. The van der Waals surface area contributed by atoms with Crippen molar-refractivity contribution in [3.63, 3.8) is 0 Å². The van der Waals surface area contributed by atoms with E-state index in [-0.39, 0.29) is 11.9 Å². The summed E-state index contributed by atoms with van der Waals surface area (Å²) in [4.78, 5) is 23.2. The van der Waals surface area contributed by atoms with Gasteiger partial charge in [0.2, 0.25) is 0 Å². The van der Waals surface area contributed by atoms with Crippen LogP contribution in [0.4, 0.5) is 5.69 Å². The molecule has 5 heteroatoms.